The van der Waals surface area contributed by atoms with E-state index in [9.17, 15) is 9.59 Å². The van der Waals surface area contributed by atoms with E-state index in [0.717, 1.165) is 0 Å². The van der Waals surface area contributed by atoms with Crippen LogP contribution in [0.1, 0.15) is 33.5 Å². The molecule has 1 heterocycles. The molecular weight excluding hydrogens is 288 g/mol. The lowest BCUT2D eigenvalue weighted by atomic mass is 10.2. The van der Waals surface area contributed by atoms with E-state index in [2.05, 4.69) is 5.32 Å². The summed E-state index contributed by atoms with van der Waals surface area (Å²) in [6.45, 7) is 8.21. The Balaban J connectivity index is 2.47. The lowest BCUT2D eigenvalue weighted by Crippen LogP contribution is -2.40. The summed E-state index contributed by atoms with van der Waals surface area (Å²) in [5, 5.41) is 2.61. The molecule has 1 N–H and O–H groups in total. The molecule has 22 heavy (non-hydrogen) atoms. The SMILES string of the molecule is CCOC(=O)N(CCNC(=O)OC(C)(C)C)Cc1ccco1. The Morgan fingerprint density at radius 3 is 2.64 bits per heavy atom. The van der Waals surface area contributed by atoms with Crippen LogP contribution in [0.2, 0.25) is 0 Å². The molecule has 7 heteroatoms. The number of alkyl carbamates (subject to hydrolysis) is 1. The van der Waals surface area contributed by atoms with Crippen molar-refractivity contribution >= 4 is 12.2 Å². The fourth-order valence-electron chi connectivity index (χ4n) is 1.65. The minimum atomic E-state index is -0.556. The Labute approximate surface area is 130 Å². The van der Waals surface area contributed by atoms with E-state index in [-0.39, 0.29) is 19.7 Å². The van der Waals surface area contributed by atoms with Gasteiger partial charge in [-0.3, -0.25) is 4.90 Å². The van der Waals surface area contributed by atoms with Crippen LogP contribution in [-0.2, 0) is 16.0 Å². The van der Waals surface area contributed by atoms with Crippen LogP contribution >= 0.6 is 0 Å². The van der Waals surface area contributed by atoms with Gasteiger partial charge in [-0.1, -0.05) is 0 Å². The zero-order valence-electron chi connectivity index (χ0n) is 13.5. The van der Waals surface area contributed by atoms with Crippen molar-refractivity contribution in [1.82, 2.24) is 10.2 Å². The first-order valence-corrected chi connectivity index (χ1v) is 7.22. The molecule has 1 rings (SSSR count). The highest BCUT2D eigenvalue weighted by Crippen LogP contribution is 2.08. The van der Waals surface area contributed by atoms with Gasteiger partial charge in [0.15, 0.2) is 0 Å². The highest BCUT2D eigenvalue weighted by molar-refractivity contribution is 5.69. The largest absolute Gasteiger partial charge is 0.467 e. The zero-order chi connectivity index (χ0) is 16.6. The van der Waals surface area contributed by atoms with E-state index in [0.29, 0.717) is 12.3 Å². The van der Waals surface area contributed by atoms with Gasteiger partial charge in [-0.15, -0.1) is 0 Å². The van der Waals surface area contributed by atoms with E-state index >= 15 is 0 Å². The van der Waals surface area contributed by atoms with Gasteiger partial charge in [0.05, 0.1) is 19.4 Å². The van der Waals surface area contributed by atoms with Crippen molar-refractivity contribution in [1.29, 1.82) is 0 Å². The minimum absolute atomic E-state index is 0.258. The molecule has 124 valence electrons. The van der Waals surface area contributed by atoms with Crippen LogP contribution < -0.4 is 5.32 Å². The van der Waals surface area contributed by atoms with Gasteiger partial charge in [-0.25, -0.2) is 9.59 Å². The smallest absolute Gasteiger partial charge is 0.410 e. The van der Waals surface area contributed by atoms with Crippen LogP contribution in [0.15, 0.2) is 22.8 Å². The lowest BCUT2D eigenvalue weighted by molar-refractivity contribution is 0.0515. The number of carbonyl (C=O) groups excluding carboxylic acids is 2. The van der Waals surface area contributed by atoms with E-state index in [1.54, 1.807) is 39.8 Å². The highest BCUT2D eigenvalue weighted by atomic mass is 16.6. The van der Waals surface area contributed by atoms with Crippen molar-refractivity contribution in [3.63, 3.8) is 0 Å². The van der Waals surface area contributed by atoms with Gasteiger partial charge in [-0.05, 0) is 39.8 Å². The van der Waals surface area contributed by atoms with Gasteiger partial charge >= 0.3 is 12.2 Å². The summed E-state index contributed by atoms with van der Waals surface area (Å²) in [5.41, 5.74) is -0.556. The quantitative estimate of drug-likeness (QED) is 0.873. The number of carbonyl (C=O) groups is 2. The average Bonchev–Trinajstić information content (AvgIpc) is 2.88. The average molecular weight is 312 g/mol. The van der Waals surface area contributed by atoms with E-state index in [4.69, 9.17) is 13.9 Å². The van der Waals surface area contributed by atoms with Crippen LogP contribution in [0.3, 0.4) is 0 Å². The molecule has 0 atom stereocenters. The number of rotatable bonds is 6. The number of nitrogens with zero attached hydrogens (tertiary/aromatic N) is 1. The molecule has 0 saturated carbocycles. The van der Waals surface area contributed by atoms with E-state index in [1.807, 2.05) is 0 Å². The first kappa shape index (κ1) is 17.9. The van der Waals surface area contributed by atoms with Crippen molar-refractivity contribution in [2.24, 2.45) is 0 Å². The molecule has 0 fully saturated rings. The van der Waals surface area contributed by atoms with E-state index < -0.39 is 17.8 Å². The van der Waals surface area contributed by atoms with Crippen LogP contribution in [0.4, 0.5) is 9.59 Å². The molecule has 2 amide bonds. The van der Waals surface area contributed by atoms with E-state index in [1.165, 1.54) is 11.2 Å². The van der Waals surface area contributed by atoms with Crippen LogP contribution in [0.25, 0.3) is 0 Å². The predicted octanol–water partition coefficient (Wildman–Crippen LogP) is 2.76. The third-order valence-electron chi connectivity index (χ3n) is 2.50. The molecular formula is C15H24N2O5. The second-order valence-corrected chi connectivity index (χ2v) is 5.63. The van der Waals surface area contributed by atoms with Crippen LogP contribution in [-0.4, -0.2) is 42.4 Å². The first-order valence-electron chi connectivity index (χ1n) is 7.22. The molecule has 0 aliphatic carbocycles. The topological polar surface area (TPSA) is 81.0 Å². The second-order valence-electron chi connectivity index (χ2n) is 5.63. The monoisotopic (exact) mass is 312 g/mol. The molecule has 0 bridgehead atoms. The standard InChI is InChI=1S/C15H24N2O5/c1-5-20-14(19)17(11-12-7-6-10-21-12)9-8-16-13(18)22-15(2,3)4/h6-7,10H,5,8-9,11H2,1-4H3,(H,16,18). The molecule has 1 aromatic heterocycles. The molecule has 0 spiro atoms. The maximum atomic E-state index is 11.9. The number of ether oxygens (including phenoxy) is 2. The van der Waals surface area contributed by atoms with Gasteiger partial charge in [0, 0.05) is 13.1 Å². The molecule has 1 aromatic rings. The molecule has 0 saturated heterocycles. The van der Waals surface area contributed by atoms with Crippen LogP contribution in [0, 0.1) is 0 Å². The Morgan fingerprint density at radius 1 is 1.36 bits per heavy atom. The van der Waals surface area contributed by atoms with Crippen molar-refractivity contribution in [2.45, 2.75) is 39.8 Å². The maximum Gasteiger partial charge on any atom is 0.410 e. The summed E-state index contributed by atoms with van der Waals surface area (Å²) in [6.07, 6.45) is 0.566. The zero-order valence-corrected chi connectivity index (χ0v) is 13.5. The maximum absolute atomic E-state index is 11.9. The van der Waals surface area contributed by atoms with Crippen molar-refractivity contribution in [2.75, 3.05) is 19.7 Å². The third kappa shape index (κ3) is 7.01. The number of nitrogens with one attached hydrogen (secondary N) is 1. The number of amides is 2. The summed E-state index contributed by atoms with van der Waals surface area (Å²) in [7, 11) is 0. The normalized spacial score (nSPS) is 10.9. The fraction of sp³-hybridized carbons (Fsp3) is 0.600. The molecule has 0 unspecified atom stereocenters. The number of hydrogen-bond donors (Lipinski definition) is 1. The second kappa shape index (κ2) is 8.31. The Morgan fingerprint density at radius 2 is 2.09 bits per heavy atom. The molecule has 0 aliphatic rings. The summed E-state index contributed by atoms with van der Waals surface area (Å²) in [6, 6.07) is 3.52. The molecule has 0 radical (unpaired) electrons. The summed E-state index contributed by atoms with van der Waals surface area (Å²) >= 11 is 0. The summed E-state index contributed by atoms with van der Waals surface area (Å²) in [5.74, 6) is 0.644. The van der Waals surface area contributed by atoms with Gasteiger partial charge in [-0.2, -0.15) is 0 Å². The van der Waals surface area contributed by atoms with Crippen LogP contribution in [0.5, 0.6) is 0 Å². The van der Waals surface area contributed by atoms with Crippen molar-refractivity contribution in [3.05, 3.63) is 24.2 Å². The van der Waals surface area contributed by atoms with Crippen molar-refractivity contribution < 1.29 is 23.5 Å². The number of hydrogen-bond acceptors (Lipinski definition) is 5. The van der Waals surface area contributed by atoms with Gasteiger partial charge in [0.2, 0.25) is 0 Å². The Bertz CT molecular complexity index is 465. The predicted molar refractivity (Wildman–Crippen MR) is 80.4 cm³/mol. The summed E-state index contributed by atoms with van der Waals surface area (Å²) < 4.78 is 15.3. The number of furan rings is 1. The third-order valence-corrected chi connectivity index (χ3v) is 2.50. The molecule has 7 nitrogen and oxygen atoms in total. The molecule has 0 aliphatic heterocycles. The van der Waals surface area contributed by atoms with Gasteiger partial charge in [0.1, 0.15) is 11.4 Å². The Hall–Kier alpha value is -2.18. The molecule has 0 aromatic carbocycles. The minimum Gasteiger partial charge on any atom is -0.467 e. The highest BCUT2D eigenvalue weighted by Gasteiger charge is 2.18. The van der Waals surface area contributed by atoms with Gasteiger partial charge in [0.25, 0.3) is 0 Å². The van der Waals surface area contributed by atoms with Gasteiger partial charge < -0.3 is 19.2 Å². The lowest BCUT2D eigenvalue weighted by Gasteiger charge is -2.22. The van der Waals surface area contributed by atoms with Crippen molar-refractivity contribution in [3.8, 4) is 0 Å². The Kier molecular flexibility index (Phi) is 6.75. The summed E-state index contributed by atoms with van der Waals surface area (Å²) in [4.78, 5) is 24.9. The first-order chi connectivity index (χ1) is 10.3. The fourth-order valence-corrected chi connectivity index (χ4v) is 1.65.